The minimum Gasteiger partial charge on any atom is -0.377 e. The zero-order valence-electron chi connectivity index (χ0n) is 7.67. The first-order valence-corrected chi connectivity index (χ1v) is 5.27. The van der Waals surface area contributed by atoms with E-state index in [2.05, 4.69) is 21.2 Å². The molecule has 1 aromatic rings. The summed E-state index contributed by atoms with van der Waals surface area (Å²) < 4.78 is 13.3. The molecule has 0 saturated heterocycles. The molecular weight excluding hydrogens is 267 g/mol. The molecule has 80 valence electrons. The maximum Gasteiger partial charge on any atom is 0.293 e. The van der Waals surface area contributed by atoms with Crippen LogP contribution in [-0.2, 0) is 0 Å². The van der Waals surface area contributed by atoms with Gasteiger partial charge in [0, 0.05) is 18.2 Å². The highest BCUT2D eigenvalue weighted by atomic mass is 79.9. The highest BCUT2D eigenvalue weighted by Gasteiger charge is 2.25. The van der Waals surface area contributed by atoms with E-state index in [1.54, 1.807) is 0 Å². The zero-order valence-corrected chi connectivity index (χ0v) is 9.25. The molecule has 0 aromatic heterocycles. The molecule has 0 aliphatic heterocycles. The Balaban J connectivity index is 2.39. The second-order valence-electron chi connectivity index (χ2n) is 3.46. The van der Waals surface area contributed by atoms with Crippen LogP contribution in [0, 0.1) is 15.9 Å². The predicted octanol–water partition coefficient (Wildman–Crippen LogP) is 3.07. The maximum atomic E-state index is 13.2. The highest BCUT2D eigenvalue weighted by molar-refractivity contribution is 9.10. The van der Waals surface area contributed by atoms with Crippen LogP contribution in [0.2, 0.25) is 0 Å². The molecule has 0 unspecified atom stereocenters. The number of halogens is 2. The van der Waals surface area contributed by atoms with Gasteiger partial charge in [-0.05, 0) is 28.8 Å². The van der Waals surface area contributed by atoms with Crippen molar-refractivity contribution in [3.8, 4) is 0 Å². The molecule has 15 heavy (non-hydrogen) atoms. The molecule has 1 aromatic carbocycles. The average Bonchev–Trinajstić information content (AvgIpc) is 2.94. The number of nitrogens with zero attached hydrogens (tertiary/aromatic N) is 1. The molecular formula is C9H8BrFN2O2. The van der Waals surface area contributed by atoms with Gasteiger partial charge in [0.05, 0.1) is 9.40 Å². The summed E-state index contributed by atoms with van der Waals surface area (Å²) in [5.41, 5.74) is 0.151. The van der Waals surface area contributed by atoms with Gasteiger partial charge >= 0.3 is 0 Å². The van der Waals surface area contributed by atoms with E-state index in [9.17, 15) is 14.5 Å². The summed E-state index contributed by atoms with van der Waals surface area (Å²) in [7, 11) is 0. The lowest BCUT2D eigenvalue weighted by Gasteiger charge is -2.06. The topological polar surface area (TPSA) is 55.2 Å². The summed E-state index contributed by atoms with van der Waals surface area (Å²) in [6.07, 6.45) is 1.96. The van der Waals surface area contributed by atoms with E-state index < -0.39 is 10.7 Å². The Morgan fingerprint density at radius 1 is 1.53 bits per heavy atom. The Hall–Kier alpha value is -1.17. The average molecular weight is 275 g/mol. The Morgan fingerprint density at radius 2 is 2.20 bits per heavy atom. The lowest BCUT2D eigenvalue weighted by molar-refractivity contribution is -0.384. The Labute approximate surface area is 93.8 Å². The number of rotatable bonds is 3. The van der Waals surface area contributed by atoms with Gasteiger partial charge in [-0.15, -0.1) is 0 Å². The van der Waals surface area contributed by atoms with Crippen molar-refractivity contribution in [3.05, 3.63) is 32.5 Å². The predicted molar refractivity (Wildman–Crippen MR) is 57.4 cm³/mol. The Kier molecular flexibility index (Phi) is 2.60. The van der Waals surface area contributed by atoms with Gasteiger partial charge in [-0.2, -0.15) is 0 Å². The molecule has 1 saturated carbocycles. The number of hydrogen-bond donors (Lipinski definition) is 1. The van der Waals surface area contributed by atoms with Crippen molar-refractivity contribution in [1.29, 1.82) is 0 Å². The van der Waals surface area contributed by atoms with E-state index in [-0.39, 0.29) is 21.9 Å². The number of hydrogen-bond acceptors (Lipinski definition) is 3. The molecule has 0 heterocycles. The molecule has 0 atom stereocenters. The fraction of sp³-hybridized carbons (Fsp3) is 0.333. The summed E-state index contributed by atoms with van der Waals surface area (Å²) in [6.45, 7) is 0. The zero-order chi connectivity index (χ0) is 11.0. The highest BCUT2D eigenvalue weighted by Crippen LogP contribution is 2.34. The summed E-state index contributed by atoms with van der Waals surface area (Å²) in [6, 6.07) is 2.59. The van der Waals surface area contributed by atoms with Crippen molar-refractivity contribution < 1.29 is 9.31 Å². The SMILES string of the molecule is O=[N+]([O-])c1cc(Br)c(F)cc1NC1CC1. The van der Waals surface area contributed by atoms with Crippen LogP contribution < -0.4 is 5.32 Å². The molecule has 1 N–H and O–H groups in total. The van der Waals surface area contributed by atoms with Crippen molar-refractivity contribution in [2.75, 3.05) is 5.32 Å². The first-order valence-electron chi connectivity index (χ1n) is 4.48. The van der Waals surface area contributed by atoms with E-state index in [4.69, 9.17) is 0 Å². The number of nitrogens with one attached hydrogen (secondary N) is 1. The van der Waals surface area contributed by atoms with Gasteiger partial charge in [0.25, 0.3) is 5.69 Å². The van der Waals surface area contributed by atoms with Crippen LogP contribution in [0.25, 0.3) is 0 Å². The molecule has 6 heteroatoms. The van der Waals surface area contributed by atoms with E-state index in [0.717, 1.165) is 18.9 Å². The van der Waals surface area contributed by atoms with Crippen LogP contribution >= 0.6 is 15.9 Å². The van der Waals surface area contributed by atoms with Crippen LogP contribution in [0.4, 0.5) is 15.8 Å². The van der Waals surface area contributed by atoms with Crippen molar-refractivity contribution in [2.24, 2.45) is 0 Å². The van der Waals surface area contributed by atoms with Gasteiger partial charge in [0.1, 0.15) is 11.5 Å². The third-order valence-corrected chi connectivity index (χ3v) is 2.78. The summed E-state index contributed by atoms with van der Waals surface area (Å²) in [5, 5.41) is 13.6. The standard InChI is InChI=1S/C9H8BrFN2O2/c10-6-3-9(13(14)15)8(4-7(6)11)12-5-1-2-5/h3-5,12H,1-2H2. The van der Waals surface area contributed by atoms with Gasteiger partial charge in [-0.3, -0.25) is 10.1 Å². The van der Waals surface area contributed by atoms with Gasteiger partial charge in [0.15, 0.2) is 0 Å². The normalized spacial score (nSPS) is 15.1. The van der Waals surface area contributed by atoms with Gasteiger partial charge in [-0.1, -0.05) is 0 Å². The maximum absolute atomic E-state index is 13.2. The number of nitro benzene ring substituents is 1. The first kappa shape index (κ1) is 10.4. The van der Waals surface area contributed by atoms with Crippen LogP contribution in [-0.4, -0.2) is 11.0 Å². The van der Waals surface area contributed by atoms with E-state index >= 15 is 0 Å². The van der Waals surface area contributed by atoms with E-state index in [0.29, 0.717) is 0 Å². The number of nitro groups is 1. The molecule has 0 bridgehead atoms. The minimum atomic E-state index is -0.519. The van der Waals surface area contributed by atoms with Crippen LogP contribution in [0.3, 0.4) is 0 Å². The fourth-order valence-corrected chi connectivity index (χ4v) is 1.58. The fourth-order valence-electron chi connectivity index (χ4n) is 1.25. The third-order valence-electron chi connectivity index (χ3n) is 2.17. The lowest BCUT2D eigenvalue weighted by Crippen LogP contribution is -2.04. The van der Waals surface area contributed by atoms with Gasteiger partial charge in [0.2, 0.25) is 0 Å². The molecule has 4 nitrogen and oxygen atoms in total. The van der Waals surface area contributed by atoms with Crippen molar-refractivity contribution >= 4 is 27.3 Å². The quantitative estimate of drug-likeness (QED) is 0.681. The second kappa shape index (κ2) is 3.77. The van der Waals surface area contributed by atoms with Crippen LogP contribution in [0.15, 0.2) is 16.6 Å². The molecule has 1 aliphatic carbocycles. The molecule has 1 aliphatic rings. The van der Waals surface area contributed by atoms with E-state index in [1.165, 1.54) is 6.07 Å². The number of anilines is 1. The van der Waals surface area contributed by atoms with Gasteiger partial charge in [-0.25, -0.2) is 4.39 Å². The minimum absolute atomic E-state index is 0.102. The monoisotopic (exact) mass is 274 g/mol. The van der Waals surface area contributed by atoms with Crippen molar-refractivity contribution in [3.63, 3.8) is 0 Å². The first-order chi connectivity index (χ1) is 7.08. The van der Waals surface area contributed by atoms with E-state index in [1.807, 2.05) is 0 Å². The molecule has 0 spiro atoms. The lowest BCUT2D eigenvalue weighted by atomic mass is 10.2. The summed E-state index contributed by atoms with van der Waals surface area (Å²) >= 11 is 2.92. The van der Waals surface area contributed by atoms with Crippen molar-refractivity contribution in [2.45, 2.75) is 18.9 Å². The summed E-state index contributed by atoms with van der Waals surface area (Å²) in [5.74, 6) is -0.497. The molecule has 2 rings (SSSR count). The third kappa shape index (κ3) is 2.26. The Bertz CT molecular complexity index is 421. The number of benzene rings is 1. The van der Waals surface area contributed by atoms with Crippen LogP contribution in [0.5, 0.6) is 0 Å². The molecule has 1 fully saturated rings. The largest absolute Gasteiger partial charge is 0.377 e. The van der Waals surface area contributed by atoms with Crippen LogP contribution in [0.1, 0.15) is 12.8 Å². The van der Waals surface area contributed by atoms with Crippen molar-refractivity contribution in [1.82, 2.24) is 0 Å². The molecule has 0 radical (unpaired) electrons. The smallest absolute Gasteiger partial charge is 0.293 e. The molecule has 0 amide bonds. The summed E-state index contributed by atoms with van der Waals surface area (Å²) in [4.78, 5) is 10.2. The van der Waals surface area contributed by atoms with Gasteiger partial charge < -0.3 is 5.32 Å². The second-order valence-corrected chi connectivity index (χ2v) is 4.31. The Morgan fingerprint density at radius 3 is 2.73 bits per heavy atom.